The summed E-state index contributed by atoms with van der Waals surface area (Å²) in [5.74, 6) is 0. The number of hydrogen-bond donors (Lipinski definition) is 2. The van der Waals surface area contributed by atoms with Crippen molar-refractivity contribution >= 4 is 0 Å². The Morgan fingerprint density at radius 1 is 1.54 bits per heavy atom. The van der Waals surface area contributed by atoms with Crippen molar-refractivity contribution in [2.75, 3.05) is 13.1 Å². The summed E-state index contributed by atoms with van der Waals surface area (Å²) in [7, 11) is 0. The molecule has 0 heterocycles. The molecule has 1 aliphatic carbocycles. The van der Waals surface area contributed by atoms with Crippen LogP contribution in [-0.4, -0.2) is 23.8 Å². The first-order valence-corrected chi connectivity index (χ1v) is 5.19. The van der Waals surface area contributed by atoms with Crippen molar-refractivity contribution < 1.29 is 5.11 Å². The van der Waals surface area contributed by atoms with Crippen molar-refractivity contribution in [3.8, 4) is 0 Å². The summed E-state index contributed by atoms with van der Waals surface area (Å²) in [5, 5.41) is 12.7. The molecule has 0 saturated carbocycles. The third kappa shape index (κ3) is 5.06. The summed E-state index contributed by atoms with van der Waals surface area (Å²) in [6.07, 6.45) is 7.38. The van der Waals surface area contributed by atoms with Crippen LogP contribution in [0.3, 0.4) is 0 Å². The van der Waals surface area contributed by atoms with E-state index in [1.165, 1.54) is 19.3 Å². The molecule has 1 rings (SSSR count). The number of hydrogen-bond acceptors (Lipinski definition) is 2. The Morgan fingerprint density at radius 2 is 2.31 bits per heavy atom. The lowest BCUT2D eigenvalue weighted by Crippen LogP contribution is -2.35. The van der Waals surface area contributed by atoms with Crippen LogP contribution in [-0.2, 0) is 0 Å². The van der Waals surface area contributed by atoms with Gasteiger partial charge in [-0.3, -0.25) is 0 Å². The van der Waals surface area contributed by atoms with E-state index in [4.69, 9.17) is 0 Å². The zero-order valence-corrected chi connectivity index (χ0v) is 8.77. The van der Waals surface area contributed by atoms with Crippen LogP contribution in [0, 0.1) is 0 Å². The predicted molar refractivity (Wildman–Crippen MR) is 55.7 cm³/mol. The van der Waals surface area contributed by atoms with Gasteiger partial charge < -0.3 is 10.4 Å². The van der Waals surface area contributed by atoms with Crippen LogP contribution in [0.15, 0.2) is 11.6 Å². The van der Waals surface area contributed by atoms with Crippen molar-refractivity contribution in [1.82, 2.24) is 5.32 Å². The number of nitrogens with one attached hydrogen (secondary N) is 1. The van der Waals surface area contributed by atoms with Gasteiger partial charge >= 0.3 is 0 Å². The lowest BCUT2D eigenvalue weighted by molar-refractivity contribution is 0.0801. The quantitative estimate of drug-likeness (QED) is 0.503. The molecule has 0 aromatic rings. The monoisotopic (exact) mass is 183 g/mol. The molecule has 0 aromatic carbocycles. The van der Waals surface area contributed by atoms with Crippen molar-refractivity contribution in [2.24, 2.45) is 0 Å². The molecule has 2 N–H and O–H groups in total. The molecule has 1 aliphatic rings. The van der Waals surface area contributed by atoms with E-state index in [1.54, 1.807) is 5.57 Å². The Balaban J connectivity index is 2.01. The van der Waals surface area contributed by atoms with Crippen molar-refractivity contribution in [2.45, 2.75) is 45.1 Å². The molecule has 2 nitrogen and oxygen atoms in total. The summed E-state index contributed by atoms with van der Waals surface area (Å²) < 4.78 is 0. The Hall–Kier alpha value is -0.340. The maximum Gasteiger partial charge on any atom is 0.0715 e. The molecule has 76 valence electrons. The topological polar surface area (TPSA) is 32.3 Å². The van der Waals surface area contributed by atoms with Crippen LogP contribution in [0.5, 0.6) is 0 Å². The van der Waals surface area contributed by atoms with Gasteiger partial charge in [-0.15, -0.1) is 0 Å². The largest absolute Gasteiger partial charge is 0.389 e. The van der Waals surface area contributed by atoms with E-state index in [-0.39, 0.29) is 0 Å². The van der Waals surface area contributed by atoms with Gasteiger partial charge in [0.2, 0.25) is 0 Å². The smallest absolute Gasteiger partial charge is 0.0715 e. The third-order valence-corrected chi connectivity index (χ3v) is 2.32. The molecule has 0 spiro atoms. The van der Waals surface area contributed by atoms with Crippen LogP contribution < -0.4 is 5.32 Å². The fourth-order valence-electron chi connectivity index (χ4n) is 1.61. The van der Waals surface area contributed by atoms with E-state index in [1.807, 2.05) is 13.8 Å². The first-order chi connectivity index (χ1) is 6.08. The zero-order valence-electron chi connectivity index (χ0n) is 8.77. The maximum absolute atomic E-state index is 9.43. The van der Waals surface area contributed by atoms with E-state index >= 15 is 0 Å². The summed E-state index contributed by atoms with van der Waals surface area (Å²) in [4.78, 5) is 0. The fraction of sp³-hybridized carbons (Fsp3) is 0.818. The molecule has 13 heavy (non-hydrogen) atoms. The second-order valence-corrected chi connectivity index (χ2v) is 4.49. The van der Waals surface area contributed by atoms with Crippen LogP contribution in [0.2, 0.25) is 0 Å². The number of rotatable bonds is 5. The van der Waals surface area contributed by atoms with E-state index in [0.29, 0.717) is 6.54 Å². The van der Waals surface area contributed by atoms with Crippen LogP contribution in [0.1, 0.15) is 39.5 Å². The minimum absolute atomic E-state index is 0.579. The lowest BCUT2D eigenvalue weighted by Gasteiger charge is -2.17. The van der Waals surface area contributed by atoms with Crippen LogP contribution in [0.25, 0.3) is 0 Å². The molecule has 0 fully saturated rings. The summed E-state index contributed by atoms with van der Waals surface area (Å²) in [6.45, 7) is 5.33. The molecule has 0 radical (unpaired) electrons. The second-order valence-electron chi connectivity index (χ2n) is 4.49. The highest BCUT2D eigenvalue weighted by atomic mass is 16.3. The van der Waals surface area contributed by atoms with Crippen molar-refractivity contribution in [3.63, 3.8) is 0 Å². The van der Waals surface area contributed by atoms with Crippen LogP contribution >= 0.6 is 0 Å². The van der Waals surface area contributed by atoms with Gasteiger partial charge in [-0.1, -0.05) is 11.6 Å². The average molecular weight is 183 g/mol. The minimum atomic E-state index is -0.579. The highest BCUT2D eigenvalue weighted by molar-refractivity contribution is 5.07. The first kappa shape index (κ1) is 10.7. The van der Waals surface area contributed by atoms with E-state index in [9.17, 15) is 5.11 Å². The predicted octanol–water partition coefficient (Wildman–Crippen LogP) is 1.85. The Labute approximate surface area is 81.0 Å². The molecule has 0 bridgehead atoms. The first-order valence-electron chi connectivity index (χ1n) is 5.19. The van der Waals surface area contributed by atoms with Gasteiger partial charge in [0.1, 0.15) is 0 Å². The van der Waals surface area contributed by atoms with Gasteiger partial charge in [0, 0.05) is 6.54 Å². The van der Waals surface area contributed by atoms with E-state index in [0.717, 1.165) is 13.0 Å². The number of allylic oxidation sites excluding steroid dienone is 1. The standard InChI is InChI=1S/C11H21NO/c1-11(2,13)9-12-8-7-10-5-3-4-6-10/h5,12-13H,3-4,6-9H2,1-2H3. The molecular formula is C11H21NO. The highest BCUT2D eigenvalue weighted by Crippen LogP contribution is 2.19. The normalized spacial score (nSPS) is 17.6. The minimum Gasteiger partial charge on any atom is -0.389 e. The molecule has 0 atom stereocenters. The lowest BCUT2D eigenvalue weighted by atomic mass is 10.1. The highest BCUT2D eigenvalue weighted by Gasteiger charge is 2.11. The van der Waals surface area contributed by atoms with Gasteiger partial charge in [-0.25, -0.2) is 0 Å². The number of aliphatic hydroxyl groups is 1. The van der Waals surface area contributed by atoms with E-state index < -0.39 is 5.60 Å². The van der Waals surface area contributed by atoms with Crippen molar-refractivity contribution in [3.05, 3.63) is 11.6 Å². The molecular weight excluding hydrogens is 162 g/mol. The molecule has 0 amide bonds. The van der Waals surface area contributed by atoms with Crippen LogP contribution in [0.4, 0.5) is 0 Å². The average Bonchev–Trinajstić information content (AvgIpc) is 2.48. The molecule has 0 saturated heterocycles. The third-order valence-electron chi connectivity index (χ3n) is 2.32. The summed E-state index contributed by atoms with van der Waals surface area (Å²) in [5.41, 5.74) is 1.01. The van der Waals surface area contributed by atoms with Gasteiger partial charge in [-0.05, 0) is 46.1 Å². The summed E-state index contributed by atoms with van der Waals surface area (Å²) >= 11 is 0. The molecule has 0 aliphatic heterocycles. The Morgan fingerprint density at radius 3 is 2.85 bits per heavy atom. The van der Waals surface area contributed by atoms with Gasteiger partial charge in [-0.2, -0.15) is 0 Å². The Kier molecular flexibility index (Phi) is 3.94. The molecule has 2 heteroatoms. The van der Waals surface area contributed by atoms with Crippen molar-refractivity contribution in [1.29, 1.82) is 0 Å². The maximum atomic E-state index is 9.43. The van der Waals surface area contributed by atoms with Gasteiger partial charge in [0.05, 0.1) is 5.60 Å². The molecule has 0 unspecified atom stereocenters. The van der Waals surface area contributed by atoms with E-state index in [2.05, 4.69) is 11.4 Å². The summed E-state index contributed by atoms with van der Waals surface area (Å²) in [6, 6.07) is 0. The fourth-order valence-corrected chi connectivity index (χ4v) is 1.61. The molecule has 0 aromatic heterocycles. The zero-order chi connectivity index (χ0) is 9.73. The van der Waals surface area contributed by atoms with Gasteiger partial charge in [0.15, 0.2) is 0 Å². The second kappa shape index (κ2) is 4.77. The Bertz CT molecular complexity index is 179. The van der Waals surface area contributed by atoms with Gasteiger partial charge in [0.25, 0.3) is 0 Å². The SMILES string of the molecule is CC(C)(O)CNCCC1=CCCC1.